The first-order chi connectivity index (χ1) is 11.3. The van der Waals surface area contributed by atoms with Gasteiger partial charge in [0.15, 0.2) is 0 Å². The van der Waals surface area contributed by atoms with E-state index in [1.54, 1.807) is 0 Å². The Kier molecular flexibility index (Phi) is 6.46. The molecule has 0 atom stereocenters. The SMILES string of the molecule is S=C(CNC1CCCCC1)N(c1ccccc1)C1CCCCC1. The number of anilines is 1. The molecule has 126 valence electrons. The summed E-state index contributed by atoms with van der Waals surface area (Å²) in [6, 6.07) is 12.0. The third-order valence-corrected chi connectivity index (χ3v) is 5.73. The van der Waals surface area contributed by atoms with Crippen molar-refractivity contribution in [3.8, 4) is 0 Å². The molecule has 0 aliphatic heterocycles. The van der Waals surface area contributed by atoms with E-state index in [1.165, 1.54) is 69.9 Å². The molecule has 3 rings (SSSR count). The van der Waals surface area contributed by atoms with Crippen molar-refractivity contribution in [3.63, 3.8) is 0 Å². The summed E-state index contributed by atoms with van der Waals surface area (Å²) in [4.78, 5) is 3.53. The van der Waals surface area contributed by atoms with Crippen LogP contribution in [0.15, 0.2) is 30.3 Å². The van der Waals surface area contributed by atoms with Gasteiger partial charge in [-0.05, 0) is 37.8 Å². The first kappa shape index (κ1) is 16.9. The molecule has 0 unspecified atom stereocenters. The van der Waals surface area contributed by atoms with Gasteiger partial charge in [0.2, 0.25) is 0 Å². The summed E-state index contributed by atoms with van der Waals surface area (Å²) in [6.45, 7) is 0.853. The molecule has 1 aromatic carbocycles. The van der Waals surface area contributed by atoms with E-state index in [0.717, 1.165) is 11.5 Å². The molecule has 0 heterocycles. The molecule has 1 N–H and O–H groups in total. The quantitative estimate of drug-likeness (QED) is 0.758. The average molecular weight is 331 g/mol. The normalized spacial score (nSPS) is 20.3. The summed E-state index contributed by atoms with van der Waals surface area (Å²) in [5.41, 5.74) is 1.27. The lowest BCUT2D eigenvalue weighted by molar-refractivity contribution is 0.386. The molecule has 2 aliphatic carbocycles. The fourth-order valence-electron chi connectivity index (χ4n) is 4.11. The highest BCUT2D eigenvalue weighted by atomic mass is 32.1. The van der Waals surface area contributed by atoms with Crippen molar-refractivity contribution in [1.29, 1.82) is 0 Å². The van der Waals surface area contributed by atoms with Gasteiger partial charge in [0, 0.05) is 24.3 Å². The van der Waals surface area contributed by atoms with Crippen molar-refractivity contribution in [2.45, 2.75) is 76.3 Å². The highest BCUT2D eigenvalue weighted by Gasteiger charge is 2.25. The monoisotopic (exact) mass is 330 g/mol. The van der Waals surface area contributed by atoms with E-state index in [0.29, 0.717) is 12.1 Å². The summed E-state index contributed by atoms with van der Waals surface area (Å²) >= 11 is 5.87. The molecule has 3 heteroatoms. The van der Waals surface area contributed by atoms with Crippen LogP contribution in [0.3, 0.4) is 0 Å². The van der Waals surface area contributed by atoms with E-state index in [-0.39, 0.29) is 0 Å². The molecule has 2 aliphatic rings. The first-order valence-electron chi connectivity index (χ1n) is 9.45. The van der Waals surface area contributed by atoms with Gasteiger partial charge < -0.3 is 10.2 Å². The Hall–Kier alpha value is -0.930. The third kappa shape index (κ3) is 4.77. The van der Waals surface area contributed by atoms with E-state index in [1.807, 2.05) is 0 Å². The number of rotatable bonds is 5. The van der Waals surface area contributed by atoms with Crippen molar-refractivity contribution >= 4 is 22.9 Å². The van der Waals surface area contributed by atoms with Gasteiger partial charge in [0.1, 0.15) is 0 Å². The van der Waals surface area contributed by atoms with Crippen molar-refractivity contribution in [2.24, 2.45) is 0 Å². The summed E-state index contributed by atoms with van der Waals surface area (Å²) in [6.07, 6.45) is 13.4. The van der Waals surface area contributed by atoms with Crippen LogP contribution in [0.1, 0.15) is 64.2 Å². The van der Waals surface area contributed by atoms with Crippen LogP contribution in [0.25, 0.3) is 0 Å². The topological polar surface area (TPSA) is 15.3 Å². The largest absolute Gasteiger partial charge is 0.332 e. The highest BCUT2D eigenvalue weighted by Crippen LogP contribution is 2.28. The molecule has 1 aromatic rings. The minimum atomic E-state index is 0.590. The fraction of sp³-hybridized carbons (Fsp3) is 0.650. The van der Waals surface area contributed by atoms with Crippen LogP contribution in [0.2, 0.25) is 0 Å². The van der Waals surface area contributed by atoms with E-state index in [4.69, 9.17) is 12.2 Å². The number of thiocarbonyl (C=S) groups is 1. The Bertz CT molecular complexity index is 476. The molecule has 0 spiro atoms. The fourth-order valence-corrected chi connectivity index (χ4v) is 4.45. The smallest absolute Gasteiger partial charge is 0.0966 e. The van der Waals surface area contributed by atoms with E-state index < -0.39 is 0 Å². The maximum atomic E-state index is 5.87. The third-order valence-electron chi connectivity index (χ3n) is 5.39. The Morgan fingerprint density at radius 3 is 2.17 bits per heavy atom. The summed E-state index contributed by atoms with van der Waals surface area (Å²) in [5, 5.41) is 3.73. The number of hydrogen-bond acceptors (Lipinski definition) is 2. The van der Waals surface area contributed by atoms with Gasteiger partial charge in [-0.2, -0.15) is 0 Å². The van der Waals surface area contributed by atoms with Gasteiger partial charge in [-0.25, -0.2) is 0 Å². The Labute approximate surface area is 146 Å². The Morgan fingerprint density at radius 2 is 1.52 bits per heavy atom. The summed E-state index contributed by atoms with van der Waals surface area (Å²) < 4.78 is 0. The first-order valence-corrected chi connectivity index (χ1v) is 9.86. The molecule has 0 bridgehead atoms. The van der Waals surface area contributed by atoms with Crippen molar-refractivity contribution in [3.05, 3.63) is 30.3 Å². The second-order valence-corrected chi connectivity index (χ2v) is 7.58. The van der Waals surface area contributed by atoms with Gasteiger partial charge in [0.25, 0.3) is 0 Å². The Morgan fingerprint density at radius 1 is 0.913 bits per heavy atom. The lowest BCUT2D eigenvalue weighted by Gasteiger charge is -2.37. The molecule has 0 saturated heterocycles. The molecule has 2 fully saturated rings. The van der Waals surface area contributed by atoms with Crippen LogP contribution in [-0.4, -0.2) is 23.6 Å². The van der Waals surface area contributed by atoms with Crippen LogP contribution in [0.5, 0.6) is 0 Å². The number of nitrogens with zero attached hydrogens (tertiary/aromatic N) is 1. The van der Waals surface area contributed by atoms with Gasteiger partial charge in [-0.15, -0.1) is 0 Å². The zero-order valence-electron chi connectivity index (χ0n) is 14.2. The van der Waals surface area contributed by atoms with Crippen molar-refractivity contribution in [2.75, 3.05) is 11.4 Å². The highest BCUT2D eigenvalue weighted by molar-refractivity contribution is 7.80. The van der Waals surface area contributed by atoms with Crippen LogP contribution >= 0.6 is 12.2 Å². The van der Waals surface area contributed by atoms with E-state index in [9.17, 15) is 0 Å². The van der Waals surface area contributed by atoms with E-state index >= 15 is 0 Å². The predicted molar refractivity (Wildman–Crippen MR) is 103 cm³/mol. The standard InChI is InChI=1S/C20H30N2S/c23-20(16-21-17-10-4-1-5-11-17)22(18-12-6-2-7-13-18)19-14-8-3-9-15-19/h2,6-7,12-13,17,19,21H,1,3-5,8-11,14-16H2. The van der Waals surface area contributed by atoms with Crippen molar-refractivity contribution < 1.29 is 0 Å². The number of benzene rings is 1. The molecule has 0 aromatic heterocycles. The zero-order valence-corrected chi connectivity index (χ0v) is 15.0. The minimum absolute atomic E-state index is 0.590. The van der Waals surface area contributed by atoms with Gasteiger partial charge in [-0.3, -0.25) is 0 Å². The second kappa shape index (κ2) is 8.79. The molecule has 0 amide bonds. The summed E-state index contributed by atoms with van der Waals surface area (Å²) in [5.74, 6) is 0. The lowest BCUT2D eigenvalue weighted by atomic mass is 9.93. The number of nitrogens with one attached hydrogen (secondary N) is 1. The molecule has 23 heavy (non-hydrogen) atoms. The molecular formula is C20H30N2S. The van der Waals surface area contributed by atoms with E-state index in [2.05, 4.69) is 40.5 Å². The summed E-state index contributed by atoms with van der Waals surface area (Å²) in [7, 11) is 0. The van der Waals surface area contributed by atoms with Crippen LogP contribution in [-0.2, 0) is 0 Å². The van der Waals surface area contributed by atoms with Gasteiger partial charge in [-0.1, -0.05) is 68.9 Å². The second-order valence-electron chi connectivity index (χ2n) is 7.11. The maximum Gasteiger partial charge on any atom is 0.0966 e. The van der Waals surface area contributed by atoms with Gasteiger partial charge >= 0.3 is 0 Å². The van der Waals surface area contributed by atoms with Crippen LogP contribution < -0.4 is 10.2 Å². The van der Waals surface area contributed by atoms with Crippen molar-refractivity contribution in [1.82, 2.24) is 5.32 Å². The predicted octanol–water partition coefficient (Wildman–Crippen LogP) is 5.08. The minimum Gasteiger partial charge on any atom is -0.332 e. The number of hydrogen-bond donors (Lipinski definition) is 1. The van der Waals surface area contributed by atoms with Crippen LogP contribution in [0.4, 0.5) is 5.69 Å². The average Bonchev–Trinajstić information content (AvgIpc) is 2.63. The maximum absolute atomic E-state index is 5.87. The molecule has 0 radical (unpaired) electrons. The molecular weight excluding hydrogens is 300 g/mol. The Balaban J connectivity index is 1.65. The van der Waals surface area contributed by atoms with Crippen LogP contribution in [0, 0.1) is 0 Å². The zero-order chi connectivity index (χ0) is 15.9. The van der Waals surface area contributed by atoms with Gasteiger partial charge in [0.05, 0.1) is 4.99 Å². The lowest BCUT2D eigenvalue weighted by Crippen LogP contribution is -2.46. The molecule has 2 saturated carbocycles. The number of para-hydroxylation sites is 1. The molecule has 2 nitrogen and oxygen atoms in total.